The Hall–Kier alpha value is -2.04. The second-order valence-electron chi connectivity index (χ2n) is 5.84. The third-order valence-electron chi connectivity index (χ3n) is 4.71. The van der Waals surface area contributed by atoms with Crippen LogP contribution in [-0.2, 0) is 11.2 Å². The summed E-state index contributed by atoms with van der Waals surface area (Å²) >= 11 is 0. The van der Waals surface area contributed by atoms with E-state index in [1.54, 1.807) is 11.0 Å². The molecule has 0 aromatic heterocycles. The van der Waals surface area contributed by atoms with Crippen molar-refractivity contribution in [3.8, 4) is 5.75 Å². The molecule has 5 heteroatoms. The van der Waals surface area contributed by atoms with E-state index in [1.165, 1.54) is 0 Å². The highest BCUT2D eigenvalue weighted by molar-refractivity contribution is 5.95. The van der Waals surface area contributed by atoms with Gasteiger partial charge >= 0.3 is 5.97 Å². The summed E-state index contributed by atoms with van der Waals surface area (Å²) in [5, 5.41) is 9.41. The number of likely N-dealkylation sites (tertiary alicyclic amines) is 1. The van der Waals surface area contributed by atoms with E-state index >= 15 is 0 Å². The van der Waals surface area contributed by atoms with E-state index in [1.807, 2.05) is 19.1 Å². The summed E-state index contributed by atoms with van der Waals surface area (Å²) in [6.45, 7) is 3.33. The number of carbonyl (C=O) groups is 2. The van der Waals surface area contributed by atoms with Gasteiger partial charge in [0.05, 0.1) is 12.0 Å². The van der Waals surface area contributed by atoms with Crippen molar-refractivity contribution in [2.24, 2.45) is 5.41 Å². The molecule has 1 amide bonds. The lowest BCUT2D eigenvalue weighted by molar-refractivity contribution is -0.148. The van der Waals surface area contributed by atoms with Crippen LogP contribution < -0.4 is 4.74 Å². The van der Waals surface area contributed by atoms with Crippen LogP contribution in [0, 0.1) is 5.41 Å². The Morgan fingerprint density at radius 1 is 1.43 bits per heavy atom. The summed E-state index contributed by atoms with van der Waals surface area (Å²) in [5.74, 6) is -0.0367. The van der Waals surface area contributed by atoms with Crippen molar-refractivity contribution < 1.29 is 19.4 Å². The number of aliphatic carboxylic acids is 1. The number of benzene rings is 1. The molecule has 1 aromatic carbocycles. The van der Waals surface area contributed by atoms with Crippen LogP contribution in [0.25, 0.3) is 0 Å². The predicted octanol–water partition coefficient (Wildman–Crippen LogP) is 1.95. The summed E-state index contributed by atoms with van der Waals surface area (Å²) in [6.07, 6.45) is 1.90. The smallest absolute Gasteiger partial charge is 0.311 e. The molecule has 0 radical (unpaired) electrons. The van der Waals surface area contributed by atoms with Crippen LogP contribution in [0.4, 0.5) is 0 Å². The fourth-order valence-corrected chi connectivity index (χ4v) is 3.16. The van der Waals surface area contributed by atoms with Crippen molar-refractivity contribution in [1.29, 1.82) is 0 Å². The first-order valence-electron chi connectivity index (χ1n) is 7.34. The van der Waals surface area contributed by atoms with Crippen LogP contribution in [0.15, 0.2) is 18.2 Å². The van der Waals surface area contributed by atoms with E-state index in [9.17, 15) is 14.7 Å². The van der Waals surface area contributed by atoms with Crippen LogP contribution in [0.2, 0.25) is 0 Å². The first-order valence-corrected chi connectivity index (χ1v) is 7.34. The van der Waals surface area contributed by atoms with Crippen LogP contribution >= 0.6 is 0 Å². The average molecular weight is 289 g/mol. The Kier molecular flexibility index (Phi) is 3.35. The third kappa shape index (κ3) is 2.26. The Morgan fingerprint density at radius 3 is 2.90 bits per heavy atom. The lowest BCUT2D eigenvalue weighted by Crippen LogP contribution is -2.36. The molecule has 112 valence electrons. The van der Waals surface area contributed by atoms with Crippen molar-refractivity contribution in [3.63, 3.8) is 0 Å². The van der Waals surface area contributed by atoms with Crippen molar-refractivity contribution in [1.82, 2.24) is 4.90 Å². The van der Waals surface area contributed by atoms with Crippen molar-refractivity contribution in [3.05, 3.63) is 29.3 Å². The standard InChI is InChI=1S/C16H19NO4/c1-2-16(15(19)20)6-7-17(10-16)14(18)12-3-4-13-11(9-12)5-8-21-13/h3-4,9H,2,5-8,10H2,1H3,(H,19,20). The molecule has 3 rings (SSSR count). The van der Waals surface area contributed by atoms with Crippen molar-refractivity contribution >= 4 is 11.9 Å². The fourth-order valence-electron chi connectivity index (χ4n) is 3.16. The predicted molar refractivity (Wildman–Crippen MR) is 76.5 cm³/mol. The van der Waals surface area contributed by atoms with Gasteiger partial charge in [0.1, 0.15) is 5.75 Å². The number of hydrogen-bond donors (Lipinski definition) is 1. The Labute approximate surface area is 123 Å². The zero-order valence-electron chi connectivity index (χ0n) is 12.1. The van der Waals surface area contributed by atoms with Crippen molar-refractivity contribution in [2.75, 3.05) is 19.7 Å². The van der Waals surface area contributed by atoms with Gasteiger partial charge in [0.2, 0.25) is 0 Å². The molecule has 1 unspecified atom stereocenters. The molecule has 0 saturated carbocycles. The SMILES string of the molecule is CCC1(C(=O)O)CCN(C(=O)c2ccc3c(c2)CCO3)C1. The molecule has 21 heavy (non-hydrogen) atoms. The Balaban J connectivity index is 1.79. The monoisotopic (exact) mass is 289 g/mol. The van der Waals surface area contributed by atoms with Gasteiger partial charge in [0, 0.05) is 25.1 Å². The molecule has 5 nitrogen and oxygen atoms in total. The number of hydrogen-bond acceptors (Lipinski definition) is 3. The van der Waals surface area contributed by atoms with Crippen LogP contribution in [0.1, 0.15) is 35.7 Å². The van der Waals surface area contributed by atoms with Crippen LogP contribution in [0.5, 0.6) is 5.75 Å². The minimum Gasteiger partial charge on any atom is -0.493 e. The largest absolute Gasteiger partial charge is 0.493 e. The molecule has 0 aliphatic carbocycles. The summed E-state index contributed by atoms with van der Waals surface area (Å²) in [6, 6.07) is 5.46. The van der Waals surface area contributed by atoms with Gasteiger partial charge in [-0.15, -0.1) is 0 Å². The van der Waals surface area contributed by atoms with Gasteiger partial charge in [0.25, 0.3) is 5.91 Å². The summed E-state index contributed by atoms with van der Waals surface area (Å²) in [5.41, 5.74) is 0.895. The quantitative estimate of drug-likeness (QED) is 0.923. The molecule has 1 N–H and O–H groups in total. The lowest BCUT2D eigenvalue weighted by Gasteiger charge is -2.23. The molecular weight excluding hydrogens is 270 g/mol. The Morgan fingerprint density at radius 2 is 2.24 bits per heavy atom. The molecule has 2 aliphatic heterocycles. The van der Waals surface area contributed by atoms with Gasteiger partial charge in [0.15, 0.2) is 0 Å². The van der Waals surface area contributed by atoms with Gasteiger partial charge in [-0.1, -0.05) is 6.92 Å². The molecule has 1 fully saturated rings. The van der Waals surface area contributed by atoms with Crippen molar-refractivity contribution in [2.45, 2.75) is 26.2 Å². The van der Waals surface area contributed by atoms with Gasteiger partial charge in [-0.25, -0.2) is 0 Å². The second kappa shape index (κ2) is 5.06. The third-order valence-corrected chi connectivity index (χ3v) is 4.71. The van der Waals surface area contributed by atoms with Gasteiger partial charge < -0.3 is 14.7 Å². The first kappa shape index (κ1) is 13.9. The molecule has 0 spiro atoms. The summed E-state index contributed by atoms with van der Waals surface area (Å²) < 4.78 is 5.44. The summed E-state index contributed by atoms with van der Waals surface area (Å²) in [4.78, 5) is 25.7. The van der Waals surface area contributed by atoms with E-state index in [0.29, 0.717) is 38.1 Å². The number of nitrogens with zero attached hydrogens (tertiary/aromatic N) is 1. The average Bonchev–Trinajstić information content (AvgIpc) is 3.13. The maximum absolute atomic E-state index is 12.6. The topological polar surface area (TPSA) is 66.8 Å². The van der Waals surface area contributed by atoms with Gasteiger partial charge in [-0.05, 0) is 36.6 Å². The number of ether oxygens (including phenoxy) is 1. The number of carboxylic acid groups (broad SMARTS) is 1. The number of fused-ring (bicyclic) bond motifs is 1. The van der Waals surface area contributed by atoms with Crippen LogP contribution in [-0.4, -0.2) is 41.6 Å². The highest BCUT2D eigenvalue weighted by Gasteiger charge is 2.44. The lowest BCUT2D eigenvalue weighted by atomic mass is 9.84. The normalized spacial score (nSPS) is 23.8. The number of rotatable bonds is 3. The minimum absolute atomic E-state index is 0.0822. The molecule has 1 saturated heterocycles. The first-order chi connectivity index (χ1) is 10.1. The maximum Gasteiger partial charge on any atom is 0.311 e. The number of carbonyl (C=O) groups excluding carboxylic acids is 1. The molecule has 0 bridgehead atoms. The van der Waals surface area contributed by atoms with Gasteiger partial charge in [-0.3, -0.25) is 9.59 Å². The van der Waals surface area contributed by atoms with E-state index < -0.39 is 11.4 Å². The van der Waals surface area contributed by atoms with Crippen LogP contribution in [0.3, 0.4) is 0 Å². The van der Waals surface area contributed by atoms with Gasteiger partial charge in [-0.2, -0.15) is 0 Å². The maximum atomic E-state index is 12.6. The highest BCUT2D eigenvalue weighted by Crippen LogP contribution is 2.35. The molecular formula is C16H19NO4. The fraction of sp³-hybridized carbons (Fsp3) is 0.500. The van der Waals surface area contributed by atoms with E-state index in [-0.39, 0.29) is 5.91 Å². The Bertz CT molecular complexity index is 598. The zero-order valence-corrected chi connectivity index (χ0v) is 12.1. The van der Waals surface area contributed by atoms with E-state index in [2.05, 4.69) is 0 Å². The highest BCUT2D eigenvalue weighted by atomic mass is 16.5. The molecule has 1 atom stereocenters. The molecule has 2 aliphatic rings. The summed E-state index contributed by atoms with van der Waals surface area (Å²) in [7, 11) is 0. The molecule has 1 aromatic rings. The molecule has 2 heterocycles. The minimum atomic E-state index is -0.803. The number of carboxylic acids is 1. The zero-order chi connectivity index (χ0) is 15.0. The second-order valence-corrected chi connectivity index (χ2v) is 5.84. The number of amides is 1. The van der Waals surface area contributed by atoms with E-state index in [4.69, 9.17) is 4.74 Å². The van der Waals surface area contributed by atoms with E-state index in [0.717, 1.165) is 17.7 Å².